The number of likely N-dealkylation sites (N-methyl/N-ethyl adjacent to an activating group) is 1. The first-order chi connectivity index (χ1) is 27.0. The lowest BCUT2D eigenvalue weighted by Crippen LogP contribution is -2.66. The number of aliphatic carboxylic acids is 1. The molecule has 1 N–H and O–H groups in total. The molecule has 4 fully saturated rings. The summed E-state index contributed by atoms with van der Waals surface area (Å²) in [6, 6.07) is 7.78. The average molecular weight is 820 g/mol. The standard InChI is InChI=1S/C48H71ClN4O5/c1-30(2)39-34(54)27-48(29-53(26-25-52(11)12)41(51-50-10)31-13-15-32(49)16-14-31)24-23-46(8)33(40(39)48)17-18-36-45(7)21-20-37(58-38(55)28-43(3,4)42(56)57)44(5,6)35(45)19-22-47(36,46)9/h13-16,30,33,35-37H,10,17-29H2,1-9,11-12H3,(H,56,57)/b51-41-/t33-,35+,36-,37+,45+,46-,47-,48+/m1/s1. The molecule has 0 radical (unpaired) electrons. The molecule has 0 saturated heterocycles. The highest BCUT2D eigenvalue weighted by Crippen LogP contribution is 2.76. The van der Waals surface area contributed by atoms with Crippen molar-refractivity contribution < 1.29 is 24.2 Å². The first-order valence-corrected chi connectivity index (χ1v) is 22.2. The van der Waals surface area contributed by atoms with Gasteiger partial charge in [-0.15, -0.1) is 5.10 Å². The molecule has 6 rings (SSSR count). The van der Waals surface area contributed by atoms with Gasteiger partial charge in [-0.1, -0.05) is 65.6 Å². The van der Waals surface area contributed by atoms with Gasteiger partial charge in [-0.2, -0.15) is 5.10 Å². The fourth-order valence-corrected chi connectivity index (χ4v) is 13.8. The molecule has 10 heteroatoms. The molecular weight excluding hydrogens is 748 g/mol. The van der Waals surface area contributed by atoms with Gasteiger partial charge in [-0.3, -0.25) is 14.4 Å². The second kappa shape index (κ2) is 15.8. The number of carbonyl (C=O) groups excluding carboxylic acids is 2. The first-order valence-electron chi connectivity index (χ1n) is 21.9. The van der Waals surface area contributed by atoms with Crippen LogP contribution in [0.5, 0.6) is 0 Å². The van der Waals surface area contributed by atoms with Gasteiger partial charge in [0.2, 0.25) is 0 Å². The Hall–Kier alpha value is -3.04. The minimum Gasteiger partial charge on any atom is -0.481 e. The Morgan fingerprint density at radius 3 is 2.22 bits per heavy atom. The lowest BCUT2D eigenvalue weighted by molar-refractivity contribution is -0.233. The number of nitrogens with zero attached hydrogens (tertiary/aromatic N) is 4. The summed E-state index contributed by atoms with van der Waals surface area (Å²) in [5.41, 5.74) is 1.86. The van der Waals surface area contributed by atoms with Crippen LogP contribution < -0.4 is 0 Å². The second-order valence-corrected chi connectivity index (χ2v) is 21.9. The van der Waals surface area contributed by atoms with Crippen LogP contribution in [0.3, 0.4) is 0 Å². The topological polar surface area (TPSA) is 112 Å². The Morgan fingerprint density at radius 1 is 0.948 bits per heavy atom. The Morgan fingerprint density at radius 2 is 1.62 bits per heavy atom. The highest BCUT2D eigenvalue weighted by Gasteiger charge is 2.70. The number of carboxylic acid groups (broad SMARTS) is 1. The van der Waals surface area contributed by atoms with E-state index in [0.717, 1.165) is 81.4 Å². The van der Waals surface area contributed by atoms with E-state index in [1.54, 1.807) is 13.8 Å². The van der Waals surface area contributed by atoms with Gasteiger partial charge < -0.3 is 19.6 Å². The Kier molecular flexibility index (Phi) is 12.1. The van der Waals surface area contributed by atoms with Crippen LogP contribution in [0.15, 0.2) is 45.6 Å². The summed E-state index contributed by atoms with van der Waals surface area (Å²) in [5.74, 6) is 0.980. The Labute approximate surface area is 353 Å². The molecule has 0 amide bonds. The summed E-state index contributed by atoms with van der Waals surface area (Å²) in [5, 5.41) is 19.1. The van der Waals surface area contributed by atoms with Gasteiger partial charge in [-0.25, -0.2) is 0 Å². The molecule has 1 aromatic rings. The van der Waals surface area contributed by atoms with Crippen molar-refractivity contribution >= 4 is 41.9 Å². The number of carbonyl (C=O) groups is 3. The van der Waals surface area contributed by atoms with Crippen molar-refractivity contribution in [3.05, 3.63) is 46.0 Å². The fraction of sp³-hybridized carbons (Fsp3) is 0.729. The number of ether oxygens (including phenoxy) is 1. The highest BCUT2D eigenvalue weighted by atomic mass is 35.5. The molecule has 5 aliphatic rings. The van der Waals surface area contributed by atoms with Gasteiger partial charge in [0.25, 0.3) is 0 Å². The number of benzene rings is 1. The van der Waals surface area contributed by atoms with E-state index in [-0.39, 0.29) is 45.5 Å². The molecule has 0 aromatic heterocycles. The fourth-order valence-electron chi connectivity index (χ4n) is 13.7. The predicted molar refractivity (Wildman–Crippen MR) is 233 cm³/mol. The van der Waals surface area contributed by atoms with Crippen molar-refractivity contribution in [2.24, 2.45) is 66.4 Å². The monoisotopic (exact) mass is 819 g/mol. The minimum atomic E-state index is -1.17. The lowest BCUT2D eigenvalue weighted by atomic mass is 9.33. The highest BCUT2D eigenvalue weighted by molar-refractivity contribution is 6.30. The van der Waals surface area contributed by atoms with Crippen LogP contribution in [0.25, 0.3) is 0 Å². The zero-order valence-corrected chi connectivity index (χ0v) is 38.1. The number of esters is 1. The van der Waals surface area contributed by atoms with Gasteiger partial charge >= 0.3 is 11.9 Å². The molecular formula is C48H71ClN4O5. The molecule has 5 aliphatic carbocycles. The summed E-state index contributed by atoms with van der Waals surface area (Å²) in [6.07, 6.45) is 8.26. The summed E-state index contributed by atoms with van der Waals surface area (Å²) >= 11 is 6.34. The molecule has 4 saturated carbocycles. The van der Waals surface area contributed by atoms with Gasteiger partial charge in [0.15, 0.2) is 11.6 Å². The van der Waals surface area contributed by atoms with E-state index in [9.17, 15) is 19.5 Å². The van der Waals surface area contributed by atoms with Crippen molar-refractivity contribution in [3.8, 4) is 0 Å². The van der Waals surface area contributed by atoms with E-state index in [0.29, 0.717) is 41.5 Å². The van der Waals surface area contributed by atoms with Gasteiger partial charge in [0, 0.05) is 54.2 Å². The van der Waals surface area contributed by atoms with Crippen LogP contribution in [-0.2, 0) is 19.1 Å². The van der Waals surface area contributed by atoms with Crippen LogP contribution in [-0.4, -0.2) is 85.0 Å². The predicted octanol–water partition coefficient (Wildman–Crippen LogP) is 9.96. The van der Waals surface area contributed by atoms with Crippen molar-refractivity contribution in [2.45, 2.75) is 133 Å². The van der Waals surface area contributed by atoms with E-state index >= 15 is 0 Å². The number of rotatable bonds is 12. The zero-order valence-electron chi connectivity index (χ0n) is 37.3. The number of Topliss-reactive ketones (excluding diaryl/α,β-unsaturated/α-hetero) is 1. The smallest absolute Gasteiger partial charge is 0.309 e. The summed E-state index contributed by atoms with van der Waals surface area (Å²) in [4.78, 5) is 44.1. The number of hydrogen-bond acceptors (Lipinski definition) is 7. The molecule has 0 spiro atoms. The maximum Gasteiger partial charge on any atom is 0.309 e. The number of hydrogen-bond donors (Lipinski definition) is 1. The van der Waals surface area contributed by atoms with Crippen LogP contribution in [0.2, 0.25) is 5.02 Å². The number of fused-ring (bicyclic) bond motifs is 7. The molecule has 0 heterocycles. The number of carboxylic acids is 1. The Bertz CT molecular complexity index is 1850. The summed E-state index contributed by atoms with van der Waals surface area (Å²) < 4.78 is 6.21. The van der Waals surface area contributed by atoms with E-state index in [2.05, 4.69) is 89.3 Å². The van der Waals surface area contributed by atoms with Crippen LogP contribution in [0.1, 0.15) is 132 Å². The number of allylic oxidation sites excluding steroid dienone is 1. The molecule has 9 nitrogen and oxygen atoms in total. The Balaban J connectivity index is 1.34. The van der Waals surface area contributed by atoms with Crippen molar-refractivity contribution in [2.75, 3.05) is 33.7 Å². The third kappa shape index (κ3) is 7.40. The third-order valence-corrected chi connectivity index (χ3v) is 17.1. The first kappa shape index (κ1) is 44.5. The van der Waals surface area contributed by atoms with E-state index in [4.69, 9.17) is 16.3 Å². The van der Waals surface area contributed by atoms with Crippen LogP contribution in [0.4, 0.5) is 0 Å². The van der Waals surface area contributed by atoms with E-state index < -0.39 is 17.4 Å². The van der Waals surface area contributed by atoms with Gasteiger partial charge in [-0.05, 0) is 149 Å². The maximum atomic E-state index is 14.5. The van der Waals surface area contributed by atoms with Crippen molar-refractivity contribution in [1.29, 1.82) is 0 Å². The second-order valence-electron chi connectivity index (χ2n) is 21.5. The van der Waals surface area contributed by atoms with Crippen LogP contribution in [0, 0.1) is 56.2 Å². The van der Waals surface area contributed by atoms with E-state index in [1.165, 1.54) is 5.57 Å². The molecule has 0 aliphatic heterocycles. The average Bonchev–Trinajstić information content (AvgIpc) is 3.42. The largest absolute Gasteiger partial charge is 0.481 e. The molecule has 8 atom stereocenters. The quantitative estimate of drug-likeness (QED) is 0.0968. The maximum absolute atomic E-state index is 14.5. The van der Waals surface area contributed by atoms with Crippen LogP contribution >= 0.6 is 11.6 Å². The summed E-state index contributed by atoms with van der Waals surface area (Å²) in [6.45, 7) is 25.9. The third-order valence-electron chi connectivity index (χ3n) is 16.8. The molecule has 320 valence electrons. The minimum absolute atomic E-state index is 0.00754. The SMILES string of the molecule is C=N/N=C(/c1ccc(Cl)cc1)N(CCN(C)C)C[C@@]12CC[C@]3(C)[C@H](CC[C@@H]4[C@@]5(C)CC[C@H](OC(=O)CC(C)(C)C(=O)O)C(C)(C)[C@@H]5CC[C@]43C)C1=C(C(C)C)C(=O)C2. The lowest BCUT2D eigenvalue weighted by Gasteiger charge is -2.72. The molecule has 0 unspecified atom stereocenters. The number of halogens is 1. The number of amidine groups is 1. The van der Waals surface area contributed by atoms with Crippen molar-refractivity contribution in [3.63, 3.8) is 0 Å². The van der Waals surface area contributed by atoms with Gasteiger partial charge in [0.05, 0.1) is 11.8 Å². The molecule has 1 aromatic carbocycles. The van der Waals surface area contributed by atoms with Crippen molar-refractivity contribution in [1.82, 2.24) is 9.80 Å². The van der Waals surface area contributed by atoms with Gasteiger partial charge in [0.1, 0.15) is 6.10 Å². The normalized spacial score (nSPS) is 34.6. The molecule has 0 bridgehead atoms. The number of ketones is 1. The molecule has 58 heavy (non-hydrogen) atoms. The zero-order chi connectivity index (χ0) is 42.8. The summed E-state index contributed by atoms with van der Waals surface area (Å²) in [7, 11) is 4.18. The van der Waals surface area contributed by atoms with E-state index in [1.807, 2.05) is 24.3 Å².